The fourth-order valence-electron chi connectivity index (χ4n) is 5.47. The van der Waals surface area contributed by atoms with E-state index in [1.54, 1.807) is 46.8 Å². The molecular weight excluding hydrogens is 486 g/mol. The average molecular weight is 506 g/mol. The number of aryl methyl sites for hydroxylation is 1. The van der Waals surface area contributed by atoms with Gasteiger partial charge in [-0.05, 0) is 30.7 Å². The molecule has 2 aliphatic heterocycles. The summed E-state index contributed by atoms with van der Waals surface area (Å²) in [6.07, 6.45) is 1.57. The van der Waals surface area contributed by atoms with Crippen molar-refractivity contribution < 1.29 is 14.0 Å². The Balaban J connectivity index is 1.55. The topological polar surface area (TPSA) is 83.7 Å². The Kier molecular flexibility index (Phi) is 4.53. The monoisotopic (exact) mass is 505 g/mol. The first-order valence-electron chi connectivity index (χ1n) is 11.8. The molecule has 1 unspecified atom stereocenters. The third-order valence-electron chi connectivity index (χ3n) is 7.10. The lowest BCUT2D eigenvalue weighted by molar-refractivity contribution is -0.121. The molecule has 3 aromatic carbocycles. The van der Waals surface area contributed by atoms with E-state index in [1.807, 2.05) is 49.4 Å². The second kappa shape index (κ2) is 7.72. The molecule has 7 nitrogen and oxygen atoms in total. The molecule has 1 spiro atoms. The number of nitrogens with zero attached hydrogens (tertiary/aromatic N) is 3. The van der Waals surface area contributed by atoms with Crippen molar-refractivity contribution in [2.24, 2.45) is 0 Å². The average Bonchev–Trinajstić information content (AvgIpc) is 3.59. The smallest absolute Gasteiger partial charge is 0.297 e. The molecule has 0 fully saturated rings. The molecule has 0 bridgehead atoms. The zero-order valence-corrected chi connectivity index (χ0v) is 20.5. The van der Waals surface area contributed by atoms with E-state index in [0.717, 1.165) is 11.1 Å². The number of benzene rings is 3. The molecule has 0 N–H and O–H groups in total. The lowest BCUT2D eigenvalue weighted by atomic mass is 9.84. The van der Waals surface area contributed by atoms with Crippen molar-refractivity contribution >= 4 is 44.9 Å². The van der Waals surface area contributed by atoms with Crippen LogP contribution in [0.3, 0.4) is 0 Å². The number of rotatable bonds is 3. The minimum absolute atomic E-state index is 0.0373. The van der Waals surface area contributed by atoms with Crippen molar-refractivity contribution in [3.63, 3.8) is 0 Å². The van der Waals surface area contributed by atoms with Crippen LogP contribution in [0.25, 0.3) is 11.0 Å². The van der Waals surface area contributed by atoms with Crippen LogP contribution in [0.2, 0.25) is 0 Å². The fourth-order valence-corrected chi connectivity index (χ4v) is 6.16. The van der Waals surface area contributed by atoms with Gasteiger partial charge in [0, 0.05) is 17.1 Å². The zero-order valence-electron chi connectivity index (χ0n) is 19.7. The maximum absolute atomic E-state index is 14.7. The molecule has 0 saturated heterocycles. The van der Waals surface area contributed by atoms with Gasteiger partial charge in [-0.15, -0.1) is 11.3 Å². The van der Waals surface area contributed by atoms with Crippen LogP contribution in [0.1, 0.15) is 32.8 Å². The van der Waals surface area contributed by atoms with E-state index in [1.165, 1.54) is 16.2 Å². The number of aromatic nitrogens is 1. The first kappa shape index (κ1) is 21.7. The van der Waals surface area contributed by atoms with E-state index in [4.69, 9.17) is 4.42 Å². The van der Waals surface area contributed by atoms with Gasteiger partial charge < -0.3 is 9.32 Å². The highest BCUT2D eigenvalue weighted by molar-refractivity contribution is 7.13. The van der Waals surface area contributed by atoms with E-state index in [-0.39, 0.29) is 23.8 Å². The summed E-state index contributed by atoms with van der Waals surface area (Å²) in [4.78, 5) is 50.1. The Hall–Kier alpha value is -4.56. The Morgan fingerprint density at radius 2 is 1.70 bits per heavy atom. The van der Waals surface area contributed by atoms with Gasteiger partial charge in [-0.3, -0.25) is 19.3 Å². The van der Waals surface area contributed by atoms with Gasteiger partial charge in [0.15, 0.2) is 16.1 Å². The highest BCUT2D eigenvalue weighted by Gasteiger charge is 2.66. The fraction of sp³-hybridized carbons (Fsp3) is 0.103. The van der Waals surface area contributed by atoms with Crippen LogP contribution in [0.4, 0.5) is 10.8 Å². The van der Waals surface area contributed by atoms with Crippen molar-refractivity contribution in [3.8, 4) is 0 Å². The number of thiazole rings is 1. The summed E-state index contributed by atoms with van der Waals surface area (Å²) in [5.41, 5.74) is 1.45. The van der Waals surface area contributed by atoms with Gasteiger partial charge in [-0.25, -0.2) is 4.98 Å². The SMILES string of the molecule is Cc1ccc(CN2C(=O)C3(c4ccccc42)c2c(oc4ccccc4c2=O)C(=O)N3c2nccs2)cc1. The van der Waals surface area contributed by atoms with Crippen LogP contribution in [0, 0.1) is 6.92 Å². The molecule has 180 valence electrons. The first-order chi connectivity index (χ1) is 18.0. The van der Waals surface area contributed by atoms with Gasteiger partial charge in [-0.2, -0.15) is 0 Å². The highest BCUT2D eigenvalue weighted by atomic mass is 32.1. The Morgan fingerprint density at radius 3 is 2.49 bits per heavy atom. The molecule has 7 rings (SSSR count). The van der Waals surface area contributed by atoms with Crippen LogP contribution in [-0.2, 0) is 16.9 Å². The molecule has 37 heavy (non-hydrogen) atoms. The summed E-state index contributed by atoms with van der Waals surface area (Å²) < 4.78 is 6.06. The number of para-hydroxylation sites is 2. The van der Waals surface area contributed by atoms with Crippen LogP contribution < -0.4 is 15.2 Å². The largest absolute Gasteiger partial charge is 0.450 e. The predicted molar refractivity (Wildman–Crippen MR) is 141 cm³/mol. The maximum atomic E-state index is 14.7. The Labute approximate surface area is 215 Å². The number of carbonyl (C=O) groups excluding carboxylic acids is 2. The predicted octanol–water partition coefficient (Wildman–Crippen LogP) is 5.01. The molecule has 5 aromatic rings. The highest BCUT2D eigenvalue weighted by Crippen LogP contribution is 2.54. The number of anilines is 2. The van der Waals surface area contributed by atoms with Gasteiger partial charge in [0.25, 0.3) is 11.8 Å². The minimum atomic E-state index is -1.73. The van der Waals surface area contributed by atoms with Crippen molar-refractivity contribution in [2.75, 3.05) is 9.80 Å². The van der Waals surface area contributed by atoms with E-state index >= 15 is 0 Å². The maximum Gasteiger partial charge on any atom is 0.297 e. The van der Waals surface area contributed by atoms with Gasteiger partial charge >= 0.3 is 0 Å². The molecular formula is C29H19N3O4S. The summed E-state index contributed by atoms with van der Waals surface area (Å²) in [5, 5.41) is 2.37. The number of hydrogen-bond acceptors (Lipinski definition) is 6. The van der Waals surface area contributed by atoms with Gasteiger partial charge in [0.05, 0.1) is 23.2 Å². The molecule has 8 heteroatoms. The van der Waals surface area contributed by atoms with Crippen LogP contribution in [0.5, 0.6) is 0 Å². The van der Waals surface area contributed by atoms with Crippen molar-refractivity contribution in [1.82, 2.24) is 4.98 Å². The molecule has 1 atom stereocenters. The van der Waals surface area contributed by atoms with Crippen LogP contribution in [0.15, 0.2) is 93.6 Å². The van der Waals surface area contributed by atoms with Gasteiger partial charge in [-0.1, -0.05) is 60.2 Å². The molecule has 0 aliphatic carbocycles. The van der Waals surface area contributed by atoms with Crippen LogP contribution >= 0.6 is 11.3 Å². The zero-order chi connectivity index (χ0) is 25.3. The Morgan fingerprint density at radius 1 is 0.946 bits per heavy atom. The third-order valence-corrected chi connectivity index (χ3v) is 7.86. The summed E-state index contributed by atoms with van der Waals surface area (Å²) >= 11 is 1.23. The van der Waals surface area contributed by atoms with Gasteiger partial charge in [0.2, 0.25) is 5.76 Å². The van der Waals surface area contributed by atoms with Crippen molar-refractivity contribution in [2.45, 2.75) is 19.0 Å². The van der Waals surface area contributed by atoms with Crippen LogP contribution in [-0.4, -0.2) is 16.8 Å². The number of fused-ring (bicyclic) bond motifs is 5. The third kappa shape index (κ3) is 2.81. The molecule has 2 amide bonds. The first-order valence-corrected chi connectivity index (χ1v) is 12.7. The summed E-state index contributed by atoms with van der Waals surface area (Å²) in [6, 6.07) is 22.0. The lowest BCUT2D eigenvalue weighted by Crippen LogP contribution is -2.53. The summed E-state index contributed by atoms with van der Waals surface area (Å²) in [6.45, 7) is 2.29. The molecule has 2 aromatic heterocycles. The van der Waals surface area contributed by atoms with Crippen molar-refractivity contribution in [3.05, 3.63) is 123 Å². The lowest BCUT2D eigenvalue weighted by Gasteiger charge is -2.32. The standard InChI is InChI=1S/C29H19N3O4S/c1-17-10-12-18(13-11-17)16-31-21-8-4-3-7-20(21)29(27(31)35)23-24(33)19-6-2-5-9-22(19)36-25(23)26(34)32(29)28-30-14-15-37-28/h2-15H,16H2,1H3. The number of amides is 2. The van der Waals surface area contributed by atoms with E-state index < -0.39 is 16.9 Å². The second-order valence-corrected chi connectivity index (χ2v) is 10.1. The minimum Gasteiger partial charge on any atom is -0.450 e. The molecule has 2 aliphatic rings. The number of hydrogen-bond donors (Lipinski definition) is 0. The van der Waals surface area contributed by atoms with E-state index in [9.17, 15) is 14.4 Å². The van der Waals surface area contributed by atoms with E-state index in [2.05, 4.69) is 4.98 Å². The van der Waals surface area contributed by atoms with Gasteiger partial charge in [0.1, 0.15) is 5.58 Å². The quantitative estimate of drug-likeness (QED) is 0.344. The molecule has 0 radical (unpaired) electrons. The second-order valence-electron chi connectivity index (χ2n) is 9.19. The molecule has 0 saturated carbocycles. The van der Waals surface area contributed by atoms with E-state index in [0.29, 0.717) is 27.4 Å². The normalized spacial score (nSPS) is 18.2. The Bertz CT molecular complexity index is 1790. The van der Waals surface area contributed by atoms with Crippen molar-refractivity contribution in [1.29, 1.82) is 0 Å². The summed E-state index contributed by atoms with van der Waals surface area (Å²) in [5.74, 6) is -1.08. The number of carbonyl (C=O) groups is 2. The summed E-state index contributed by atoms with van der Waals surface area (Å²) in [7, 11) is 0. The molecule has 4 heterocycles.